The molecule has 6 heteroatoms. The van der Waals surface area contributed by atoms with Crippen LogP contribution in [0.25, 0.3) is 0 Å². The van der Waals surface area contributed by atoms with Crippen LogP contribution >= 0.6 is 0 Å². The second kappa shape index (κ2) is 9.61. The second-order valence-corrected chi connectivity index (χ2v) is 6.83. The molecule has 1 atom stereocenters. The first kappa shape index (κ1) is 16.6. The molecule has 17 heavy (non-hydrogen) atoms. The Morgan fingerprint density at radius 3 is 2.24 bits per heavy atom. The lowest BCUT2D eigenvalue weighted by atomic mass is 10.4. The largest absolute Gasteiger partial charge is 0.500 e. The molecule has 0 fully saturated rings. The van der Waals surface area contributed by atoms with Crippen LogP contribution in [0.3, 0.4) is 0 Å². The highest BCUT2D eigenvalue weighted by atomic mass is 28.4. The molecule has 0 spiro atoms. The van der Waals surface area contributed by atoms with Crippen LogP contribution in [-0.2, 0) is 13.3 Å². The molecule has 0 aromatic rings. The van der Waals surface area contributed by atoms with Gasteiger partial charge in [-0.25, -0.2) is 0 Å². The summed E-state index contributed by atoms with van der Waals surface area (Å²) in [5.41, 5.74) is 0. The lowest BCUT2D eigenvalue weighted by Gasteiger charge is -2.24. The SMILES string of the molecule is CC=CNC(C)NCCC[Si](OC)(OC)OC. The number of hydrogen-bond acceptors (Lipinski definition) is 5. The van der Waals surface area contributed by atoms with Crippen LogP contribution in [0.2, 0.25) is 6.04 Å². The zero-order valence-corrected chi connectivity index (χ0v) is 12.6. The van der Waals surface area contributed by atoms with Crippen LogP contribution in [-0.4, -0.2) is 42.8 Å². The first-order valence-corrected chi connectivity index (χ1v) is 7.83. The van der Waals surface area contributed by atoms with Crippen molar-refractivity contribution < 1.29 is 13.3 Å². The smallest absolute Gasteiger partial charge is 0.377 e. The fraction of sp³-hybridized carbons (Fsp3) is 0.818. The van der Waals surface area contributed by atoms with Crippen molar-refractivity contribution in [3.8, 4) is 0 Å². The molecule has 0 rings (SSSR count). The predicted octanol–water partition coefficient (Wildman–Crippen LogP) is 1.31. The molecule has 0 aromatic heterocycles. The number of rotatable bonds is 10. The summed E-state index contributed by atoms with van der Waals surface area (Å²) in [6.45, 7) is 4.96. The Labute approximate surface area is 106 Å². The monoisotopic (exact) mass is 262 g/mol. The van der Waals surface area contributed by atoms with Crippen LogP contribution in [0.5, 0.6) is 0 Å². The average Bonchev–Trinajstić information content (AvgIpc) is 2.37. The minimum Gasteiger partial charge on any atom is -0.377 e. The van der Waals surface area contributed by atoms with Crippen LogP contribution in [0.4, 0.5) is 0 Å². The van der Waals surface area contributed by atoms with Crippen molar-refractivity contribution in [2.45, 2.75) is 32.5 Å². The van der Waals surface area contributed by atoms with Gasteiger partial charge < -0.3 is 18.6 Å². The van der Waals surface area contributed by atoms with Gasteiger partial charge in [0, 0.05) is 27.4 Å². The van der Waals surface area contributed by atoms with Gasteiger partial charge >= 0.3 is 8.80 Å². The molecule has 2 N–H and O–H groups in total. The highest BCUT2D eigenvalue weighted by Crippen LogP contribution is 2.14. The van der Waals surface area contributed by atoms with Gasteiger partial charge in [0.05, 0.1) is 6.17 Å². The van der Waals surface area contributed by atoms with Gasteiger partial charge in [-0.05, 0) is 33.0 Å². The summed E-state index contributed by atoms with van der Waals surface area (Å²) in [4.78, 5) is 0. The predicted molar refractivity (Wildman–Crippen MR) is 71.6 cm³/mol. The van der Waals surface area contributed by atoms with Crippen molar-refractivity contribution in [3.63, 3.8) is 0 Å². The van der Waals surface area contributed by atoms with Gasteiger partial charge in [0.1, 0.15) is 0 Å². The van der Waals surface area contributed by atoms with Gasteiger partial charge in [-0.15, -0.1) is 0 Å². The maximum atomic E-state index is 5.35. The normalized spacial score (nSPS) is 14.2. The topological polar surface area (TPSA) is 51.8 Å². The molecule has 0 bridgehead atoms. The Kier molecular flexibility index (Phi) is 9.38. The van der Waals surface area contributed by atoms with Crippen molar-refractivity contribution in [2.24, 2.45) is 0 Å². The number of allylic oxidation sites excluding steroid dienone is 1. The maximum Gasteiger partial charge on any atom is 0.500 e. The standard InChI is InChI=1S/C11H26N2O3Si/c1-6-8-12-11(2)13-9-7-10-17(14-3,15-4)16-5/h6,8,11-13H,7,9-10H2,1-5H3. The van der Waals surface area contributed by atoms with Crippen LogP contribution < -0.4 is 10.6 Å². The minimum absolute atomic E-state index is 0.259. The Morgan fingerprint density at radius 1 is 1.18 bits per heavy atom. The van der Waals surface area contributed by atoms with E-state index in [0.29, 0.717) is 0 Å². The van der Waals surface area contributed by atoms with E-state index in [9.17, 15) is 0 Å². The lowest BCUT2D eigenvalue weighted by Crippen LogP contribution is -2.44. The molecule has 102 valence electrons. The molecule has 0 aliphatic heterocycles. The zero-order chi connectivity index (χ0) is 13.1. The van der Waals surface area contributed by atoms with Crippen LogP contribution in [0.15, 0.2) is 12.3 Å². The molecule has 0 amide bonds. The molecule has 1 unspecified atom stereocenters. The van der Waals surface area contributed by atoms with Gasteiger partial charge in [0.2, 0.25) is 0 Å². The Hall–Kier alpha value is -0.403. The van der Waals surface area contributed by atoms with Crippen molar-refractivity contribution >= 4 is 8.80 Å². The molecule has 0 heterocycles. The molecule has 0 aliphatic carbocycles. The van der Waals surface area contributed by atoms with Crippen molar-refractivity contribution in [3.05, 3.63) is 12.3 Å². The van der Waals surface area contributed by atoms with Gasteiger partial charge in [-0.2, -0.15) is 0 Å². The highest BCUT2D eigenvalue weighted by Gasteiger charge is 2.36. The third-order valence-electron chi connectivity index (χ3n) is 2.56. The van der Waals surface area contributed by atoms with Crippen LogP contribution in [0.1, 0.15) is 20.3 Å². The van der Waals surface area contributed by atoms with E-state index in [1.54, 1.807) is 21.3 Å². The summed E-state index contributed by atoms with van der Waals surface area (Å²) < 4.78 is 16.0. The molecule has 0 saturated heterocycles. The van der Waals surface area contributed by atoms with Crippen molar-refractivity contribution in [2.75, 3.05) is 27.9 Å². The van der Waals surface area contributed by atoms with Gasteiger partial charge in [-0.1, -0.05) is 6.08 Å². The van der Waals surface area contributed by atoms with Gasteiger partial charge in [0.25, 0.3) is 0 Å². The zero-order valence-electron chi connectivity index (χ0n) is 11.6. The van der Waals surface area contributed by atoms with Crippen molar-refractivity contribution in [1.82, 2.24) is 10.6 Å². The van der Waals surface area contributed by atoms with E-state index in [1.165, 1.54) is 0 Å². The summed E-state index contributed by atoms with van der Waals surface area (Å²) in [5.74, 6) is 0. The Bertz CT molecular complexity index is 203. The van der Waals surface area contributed by atoms with E-state index in [-0.39, 0.29) is 6.17 Å². The van der Waals surface area contributed by atoms with Crippen LogP contribution in [0, 0.1) is 0 Å². The first-order valence-electron chi connectivity index (χ1n) is 5.90. The number of nitrogens with one attached hydrogen (secondary N) is 2. The minimum atomic E-state index is -2.39. The second-order valence-electron chi connectivity index (χ2n) is 3.74. The van der Waals surface area contributed by atoms with E-state index < -0.39 is 8.80 Å². The highest BCUT2D eigenvalue weighted by molar-refractivity contribution is 6.60. The van der Waals surface area contributed by atoms with E-state index in [0.717, 1.165) is 19.0 Å². The summed E-state index contributed by atoms with van der Waals surface area (Å²) in [6, 6.07) is 0.819. The molecule has 5 nitrogen and oxygen atoms in total. The Balaban J connectivity index is 3.75. The fourth-order valence-electron chi connectivity index (χ4n) is 1.48. The molecular formula is C11H26N2O3Si. The molecular weight excluding hydrogens is 236 g/mol. The molecule has 0 saturated carbocycles. The Morgan fingerprint density at radius 2 is 1.76 bits per heavy atom. The van der Waals surface area contributed by atoms with E-state index in [1.807, 2.05) is 19.2 Å². The van der Waals surface area contributed by atoms with E-state index in [4.69, 9.17) is 13.3 Å². The van der Waals surface area contributed by atoms with E-state index in [2.05, 4.69) is 17.6 Å². The average molecular weight is 262 g/mol. The number of hydrogen-bond donors (Lipinski definition) is 2. The van der Waals surface area contributed by atoms with Crippen molar-refractivity contribution in [1.29, 1.82) is 0 Å². The quantitative estimate of drug-likeness (QED) is 0.353. The molecule has 0 aromatic carbocycles. The van der Waals surface area contributed by atoms with Gasteiger partial charge in [-0.3, -0.25) is 5.32 Å². The summed E-state index contributed by atoms with van der Waals surface area (Å²) in [7, 11) is 2.54. The fourth-order valence-corrected chi connectivity index (χ4v) is 3.20. The van der Waals surface area contributed by atoms with E-state index >= 15 is 0 Å². The third-order valence-corrected chi connectivity index (χ3v) is 5.39. The van der Waals surface area contributed by atoms with Gasteiger partial charge in [0.15, 0.2) is 0 Å². The molecule has 0 aliphatic rings. The summed E-state index contributed by atoms with van der Waals surface area (Å²) in [6.07, 6.45) is 5.12. The lowest BCUT2D eigenvalue weighted by molar-refractivity contribution is 0.123. The summed E-state index contributed by atoms with van der Waals surface area (Å²) in [5, 5.41) is 6.55. The summed E-state index contributed by atoms with van der Waals surface area (Å²) >= 11 is 0. The maximum absolute atomic E-state index is 5.35. The first-order chi connectivity index (χ1) is 8.14. The third kappa shape index (κ3) is 6.80. The molecule has 0 radical (unpaired) electrons.